The van der Waals surface area contributed by atoms with Crippen LogP contribution in [0.1, 0.15) is 35.4 Å². The summed E-state index contributed by atoms with van der Waals surface area (Å²) in [4.78, 5) is 26.6. The number of carbonyl (C=O) groups excluding carboxylic acids is 1. The van der Waals surface area contributed by atoms with E-state index in [4.69, 9.17) is 5.73 Å². The molecular weight excluding hydrogens is 246 g/mol. The van der Waals surface area contributed by atoms with Gasteiger partial charge in [0.25, 0.3) is 0 Å². The summed E-state index contributed by atoms with van der Waals surface area (Å²) in [6.07, 6.45) is 1.74. The van der Waals surface area contributed by atoms with Crippen molar-refractivity contribution in [2.24, 2.45) is 5.73 Å². The SMILES string of the molecule is Cc1c(C(=O)O)c2cccnc2n1C(C)CC(N)=O. The largest absolute Gasteiger partial charge is 0.478 e. The van der Waals surface area contributed by atoms with Crippen LogP contribution in [-0.2, 0) is 4.79 Å². The zero-order chi connectivity index (χ0) is 14.2. The van der Waals surface area contributed by atoms with Crippen LogP contribution in [0.2, 0.25) is 0 Å². The van der Waals surface area contributed by atoms with Gasteiger partial charge in [0.05, 0.1) is 5.56 Å². The molecule has 0 fully saturated rings. The van der Waals surface area contributed by atoms with Crippen LogP contribution in [0, 0.1) is 6.92 Å². The third kappa shape index (κ3) is 2.16. The Morgan fingerprint density at radius 3 is 2.79 bits per heavy atom. The second-order valence-electron chi connectivity index (χ2n) is 4.53. The first-order chi connectivity index (χ1) is 8.93. The van der Waals surface area contributed by atoms with Crippen LogP contribution in [0.25, 0.3) is 11.0 Å². The maximum atomic E-state index is 11.4. The number of aromatic carboxylic acids is 1. The summed E-state index contributed by atoms with van der Waals surface area (Å²) in [6, 6.07) is 3.17. The van der Waals surface area contributed by atoms with Crippen molar-refractivity contribution in [1.82, 2.24) is 9.55 Å². The van der Waals surface area contributed by atoms with Gasteiger partial charge in [-0.15, -0.1) is 0 Å². The fourth-order valence-corrected chi connectivity index (χ4v) is 2.45. The highest BCUT2D eigenvalue weighted by molar-refractivity contribution is 6.04. The first-order valence-electron chi connectivity index (χ1n) is 5.90. The smallest absolute Gasteiger partial charge is 0.338 e. The van der Waals surface area contributed by atoms with Gasteiger partial charge >= 0.3 is 5.97 Å². The lowest BCUT2D eigenvalue weighted by Gasteiger charge is -2.15. The Hall–Kier alpha value is -2.37. The van der Waals surface area contributed by atoms with Crippen LogP contribution >= 0.6 is 0 Å². The lowest BCUT2D eigenvalue weighted by molar-refractivity contribution is -0.118. The Bertz CT molecular complexity index is 660. The average Bonchev–Trinajstić information content (AvgIpc) is 2.59. The lowest BCUT2D eigenvalue weighted by Crippen LogP contribution is -2.18. The molecule has 0 aliphatic heterocycles. The molecule has 19 heavy (non-hydrogen) atoms. The fourth-order valence-electron chi connectivity index (χ4n) is 2.45. The van der Waals surface area contributed by atoms with Crippen LogP contribution in [0.4, 0.5) is 0 Å². The maximum Gasteiger partial charge on any atom is 0.338 e. The molecule has 0 radical (unpaired) electrons. The van der Waals surface area contributed by atoms with E-state index in [9.17, 15) is 14.7 Å². The predicted molar refractivity (Wildman–Crippen MR) is 70.0 cm³/mol. The number of aromatic nitrogens is 2. The highest BCUT2D eigenvalue weighted by Crippen LogP contribution is 2.28. The molecule has 1 unspecified atom stereocenters. The van der Waals surface area contributed by atoms with Crippen LogP contribution in [0.5, 0.6) is 0 Å². The third-order valence-electron chi connectivity index (χ3n) is 3.16. The van der Waals surface area contributed by atoms with E-state index in [1.165, 1.54) is 0 Å². The van der Waals surface area contributed by atoms with E-state index in [1.807, 2.05) is 6.92 Å². The predicted octanol–water partition coefficient (Wildman–Crippen LogP) is 1.48. The van der Waals surface area contributed by atoms with Crippen molar-refractivity contribution in [3.8, 4) is 0 Å². The van der Waals surface area contributed by atoms with Crippen molar-refractivity contribution < 1.29 is 14.7 Å². The Labute approximate surface area is 109 Å². The average molecular weight is 261 g/mol. The van der Waals surface area contributed by atoms with E-state index in [2.05, 4.69) is 4.98 Å². The van der Waals surface area contributed by atoms with Crippen molar-refractivity contribution in [3.05, 3.63) is 29.6 Å². The van der Waals surface area contributed by atoms with Gasteiger partial charge in [0.15, 0.2) is 0 Å². The number of primary amides is 1. The van der Waals surface area contributed by atoms with Crippen molar-refractivity contribution in [3.63, 3.8) is 0 Å². The Balaban J connectivity index is 2.70. The quantitative estimate of drug-likeness (QED) is 0.870. The van der Waals surface area contributed by atoms with Gasteiger partial charge in [-0.3, -0.25) is 4.79 Å². The second-order valence-corrected chi connectivity index (χ2v) is 4.53. The number of pyridine rings is 1. The van der Waals surface area contributed by atoms with Gasteiger partial charge in [0, 0.05) is 29.7 Å². The molecule has 2 aromatic rings. The van der Waals surface area contributed by atoms with Gasteiger partial charge in [0.1, 0.15) is 5.65 Å². The minimum Gasteiger partial charge on any atom is -0.478 e. The zero-order valence-corrected chi connectivity index (χ0v) is 10.8. The number of fused-ring (bicyclic) bond motifs is 1. The molecule has 6 heteroatoms. The Morgan fingerprint density at radius 2 is 2.21 bits per heavy atom. The van der Waals surface area contributed by atoms with E-state index in [1.54, 1.807) is 29.8 Å². The van der Waals surface area contributed by atoms with Gasteiger partial charge in [-0.05, 0) is 26.0 Å². The second kappa shape index (κ2) is 4.72. The summed E-state index contributed by atoms with van der Waals surface area (Å²) in [5, 5.41) is 9.88. The topological polar surface area (TPSA) is 98.2 Å². The molecule has 2 heterocycles. The molecule has 0 aliphatic carbocycles. The molecule has 1 amide bonds. The van der Waals surface area contributed by atoms with Crippen molar-refractivity contribution in [2.75, 3.05) is 0 Å². The standard InChI is InChI=1S/C13H15N3O3/c1-7(6-10(14)17)16-8(2)11(13(18)19)9-4-3-5-15-12(9)16/h3-5,7H,6H2,1-2H3,(H2,14,17)(H,18,19). The van der Waals surface area contributed by atoms with Crippen LogP contribution < -0.4 is 5.73 Å². The molecule has 2 aromatic heterocycles. The molecule has 2 rings (SSSR count). The van der Waals surface area contributed by atoms with Gasteiger partial charge in [-0.1, -0.05) is 0 Å². The van der Waals surface area contributed by atoms with Crippen molar-refractivity contribution >= 4 is 22.9 Å². The Morgan fingerprint density at radius 1 is 1.53 bits per heavy atom. The summed E-state index contributed by atoms with van der Waals surface area (Å²) < 4.78 is 1.75. The number of hydrogen-bond acceptors (Lipinski definition) is 3. The third-order valence-corrected chi connectivity index (χ3v) is 3.16. The fraction of sp³-hybridized carbons (Fsp3) is 0.308. The normalized spacial score (nSPS) is 12.5. The van der Waals surface area contributed by atoms with E-state index in [0.717, 1.165) is 0 Å². The number of nitrogens with zero attached hydrogens (tertiary/aromatic N) is 2. The number of hydrogen-bond donors (Lipinski definition) is 2. The number of carbonyl (C=O) groups is 2. The van der Waals surface area contributed by atoms with Gasteiger partial charge in [-0.2, -0.15) is 0 Å². The van der Waals surface area contributed by atoms with E-state index >= 15 is 0 Å². The number of carboxylic acids is 1. The van der Waals surface area contributed by atoms with Gasteiger partial charge in [-0.25, -0.2) is 9.78 Å². The maximum absolute atomic E-state index is 11.4. The van der Waals surface area contributed by atoms with E-state index < -0.39 is 11.9 Å². The minimum absolute atomic E-state index is 0.139. The lowest BCUT2D eigenvalue weighted by atomic mass is 10.2. The van der Waals surface area contributed by atoms with Gasteiger partial charge in [0.2, 0.25) is 5.91 Å². The number of amides is 1. The number of nitrogens with two attached hydrogens (primary N) is 1. The minimum atomic E-state index is -1.000. The molecule has 0 aromatic carbocycles. The molecule has 3 N–H and O–H groups in total. The van der Waals surface area contributed by atoms with Crippen LogP contribution in [0.15, 0.2) is 18.3 Å². The van der Waals surface area contributed by atoms with Crippen molar-refractivity contribution in [1.29, 1.82) is 0 Å². The summed E-state index contributed by atoms with van der Waals surface area (Å²) >= 11 is 0. The van der Waals surface area contributed by atoms with Crippen LogP contribution in [-0.4, -0.2) is 26.5 Å². The molecule has 0 spiro atoms. The first kappa shape index (κ1) is 13.1. The number of carboxylic acid groups (broad SMARTS) is 1. The summed E-state index contributed by atoms with van der Waals surface area (Å²) in [5.74, 6) is -1.43. The molecule has 6 nitrogen and oxygen atoms in total. The van der Waals surface area contributed by atoms with E-state index in [0.29, 0.717) is 16.7 Å². The zero-order valence-electron chi connectivity index (χ0n) is 10.8. The molecule has 100 valence electrons. The summed E-state index contributed by atoms with van der Waals surface area (Å²) in [6.45, 7) is 3.53. The van der Waals surface area contributed by atoms with Crippen molar-refractivity contribution in [2.45, 2.75) is 26.3 Å². The Kier molecular flexibility index (Phi) is 3.25. The monoisotopic (exact) mass is 261 g/mol. The summed E-state index contributed by atoms with van der Waals surface area (Å²) in [5.41, 5.74) is 6.56. The molecule has 1 atom stereocenters. The summed E-state index contributed by atoms with van der Waals surface area (Å²) in [7, 11) is 0. The highest BCUT2D eigenvalue weighted by Gasteiger charge is 2.23. The molecule has 0 saturated heterocycles. The van der Waals surface area contributed by atoms with E-state index in [-0.39, 0.29) is 18.0 Å². The molecule has 0 saturated carbocycles. The van der Waals surface area contributed by atoms with Crippen LogP contribution in [0.3, 0.4) is 0 Å². The number of rotatable bonds is 4. The molecule has 0 bridgehead atoms. The first-order valence-corrected chi connectivity index (χ1v) is 5.90. The van der Waals surface area contributed by atoms with Gasteiger partial charge < -0.3 is 15.4 Å². The highest BCUT2D eigenvalue weighted by atomic mass is 16.4. The molecule has 0 aliphatic rings. The molecular formula is C13H15N3O3.